The third-order valence-electron chi connectivity index (χ3n) is 8.44. The maximum Gasteiger partial charge on any atom is 0.416 e. The zero-order chi connectivity index (χ0) is 57.7. The van der Waals surface area contributed by atoms with Gasteiger partial charge in [-0.15, -0.1) is 0 Å². The number of halogens is 9. The van der Waals surface area contributed by atoms with Crippen LogP contribution in [0.4, 0.5) is 44.6 Å². The summed E-state index contributed by atoms with van der Waals surface area (Å²) in [6.45, 7) is 16.7. The fourth-order valence-corrected chi connectivity index (χ4v) is 6.27. The highest BCUT2D eigenvalue weighted by Crippen LogP contribution is 2.28. The Labute approximate surface area is 463 Å². The molecule has 0 saturated heterocycles. The van der Waals surface area contributed by atoms with Gasteiger partial charge in [0.2, 0.25) is 0 Å². The average Bonchev–Trinajstić information content (AvgIpc) is 3.33. The Kier molecular flexibility index (Phi) is 30.0. The van der Waals surface area contributed by atoms with E-state index in [1.807, 2.05) is 20.8 Å². The Balaban J connectivity index is 0.00000101. The number of nitrogens with zero attached hydrogens (tertiary/aromatic N) is 6. The average molecular weight is 1180 g/mol. The maximum atomic E-state index is 14.3. The molecule has 0 aliphatic carbocycles. The number of esters is 4. The van der Waals surface area contributed by atoms with E-state index >= 15 is 0 Å². The van der Waals surface area contributed by atoms with Crippen LogP contribution in [0.5, 0.6) is 0 Å². The number of methoxy groups -OCH3 is 4. The number of hydrogen-bond donors (Lipinski definition) is 1. The van der Waals surface area contributed by atoms with Gasteiger partial charge in [-0.1, -0.05) is 86.2 Å². The van der Waals surface area contributed by atoms with Gasteiger partial charge in [0.15, 0.2) is 45.9 Å². The van der Waals surface area contributed by atoms with Gasteiger partial charge in [0.1, 0.15) is 48.5 Å². The first-order chi connectivity index (χ1) is 34.9. The van der Waals surface area contributed by atoms with Crippen LogP contribution in [0.2, 0.25) is 25.8 Å². The Morgan fingerprint density at radius 1 is 0.487 bits per heavy atom. The molecule has 4 aromatic rings. The van der Waals surface area contributed by atoms with Crippen molar-refractivity contribution in [1.82, 2.24) is 19.9 Å². The molecule has 0 aliphatic heterocycles. The van der Waals surface area contributed by atoms with Crippen molar-refractivity contribution < 1.29 is 74.8 Å². The summed E-state index contributed by atoms with van der Waals surface area (Å²) in [4.78, 5) is 86.5. The lowest BCUT2D eigenvalue weighted by molar-refractivity contribution is 0.0566. The van der Waals surface area contributed by atoms with E-state index in [1.165, 1.54) is 7.11 Å². The minimum atomic E-state index is -0.867. The van der Waals surface area contributed by atoms with Crippen LogP contribution in [0.15, 0.2) is 24.3 Å². The number of rotatable bonds is 13. The molecule has 0 aromatic carbocycles. The topological polar surface area (TPSA) is 228 Å². The van der Waals surface area contributed by atoms with Crippen molar-refractivity contribution in [3.63, 3.8) is 0 Å². The highest BCUT2D eigenvalue weighted by atomic mass is 35.5. The highest BCUT2D eigenvalue weighted by Gasteiger charge is 2.30. The molecule has 0 unspecified atom stereocenters. The summed E-state index contributed by atoms with van der Waals surface area (Å²) >= 11 is 28.4. The SMILES string of the molecule is C.CCCN(C(=O)OC(C)(C)C)c1nc(Cl)c(C(=O)OC)cc1F.CCCN(C(=O)OC(C)(C)C)c1nc(Cl)c(C(=O)OC)cc1F.CCCNc1nc(Cl)c(C(=O)OC)cc1F.COC(=O)c1cc(F)c(Cl)nc1Cl. The highest BCUT2D eigenvalue weighted by molar-refractivity contribution is 6.35. The quantitative estimate of drug-likeness (QED) is 0.0568. The van der Waals surface area contributed by atoms with E-state index in [1.54, 1.807) is 41.5 Å². The predicted octanol–water partition coefficient (Wildman–Crippen LogP) is 13.1. The van der Waals surface area contributed by atoms with Gasteiger partial charge in [0.25, 0.3) is 0 Å². The van der Waals surface area contributed by atoms with E-state index in [0.717, 1.165) is 61.8 Å². The van der Waals surface area contributed by atoms with Crippen molar-refractivity contribution in [2.24, 2.45) is 0 Å². The molecular formula is C48H60Cl5F4N7O12. The fraction of sp³-hybridized carbons (Fsp3) is 0.458. The standard InChI is InChI=1S/2C15H20ClFN2O4.C10H12ClFN2O2.C7H4Cl2FNO2.CH4/c2*1-6-7-19(14(21)23-15(2,3)4)12-10(17)8-9(11(16)18-12)13(20)22-5;1-3-4-13-9-7(12)5-6(8(11)14-9)10(15)16-2;1-13-7(12)3-2-4(10)6(9)11-5(3)8;/h2*8H,6-7H2,1-5H3;5H,3-4H2,1-2H3,(H,13,14);2H,1H3;1H4. The number of aromatic nitrogens is 4. The number of carbonyl (C=O) groups is 6. The molecule has 1 N–H and O–H groups in total. The summed E-state index contributed by atoms with van der Waals surface area (Å²) < 4.78 is 83.2. The smallest absolute Gasteiger partial charge is 0.416 e. The Hall–Kier alpha value is -6.01. The molecule has 0 saturated carbocycles. The molecule has 4 rings (SSSR count). The van der Waals surface area contributed by atoms with E-state index in [0.29, 0.717) is 19.4 Å². The van der Waals surface area contributed by atoms with Gasteiger partial charge in [0, 0.05) is 19.6 Å². The van der Waals surface area contributed by atoms with Crippen LogP contribution >= 0.6 is 58.0 Å². The van der Waals surface area contributed by atoms with E-state index in [4.69, 9.17) is 67.5 Å². The molecule has 28 heteroatoms. The van der Waals surface area contributed by atoms with E-state index in [-0.39, 0.29) is 86.0 Å². The van der Waals surface area contributed by atoms with E-state index in [2.05, 4.69) is 44.2 Å². The Bertz CT molecular complexity index is 2560. The summed E-state index contributed by atoms with van der Waals surface area (Å²) in [7, 11) is 4.65. The molecule has 422 valence electrons. The first kappa shape index (κ1) is 70.0. The van der Waals surface area contributed by atoms with Crippen LogP contribution in [0.3, 0.4) is 0 Å². The van der Waals surface area contributed by atoms with Gasteiger partial charge in [-0.05, 0) is 85.1 Å². The third kappa shape index (κ3) is 21.9. The van der Waals surface area contributed by atoms with Crippen LogP contribution in [-0.2, 0) is 28.4 Å². The largest absolute Gasteiger partial charge is 0.465 e. The molecule has 0 radical (unpaired) electrons. The third-order valence-corrected chi connectivity index (χ3v) is 9.85. The lowest BCUT2D eigenvalue weighted by Gasteiger charge is -2.27. The Morgan fingerprint density at radius 3 is 1.09 bits per heavy atom. The van der Waals surface area contributed by atoms with Crippen LogP contribution in [0.1, 0.15) is 130 Å². The minimum absolute atomic E-state index is 0. The van der Waals surface area contributed by atoms with Crippen molar-refractivity contribution in [3.05, 3.63) is 95.6 Å². The monoisotopic (exact) mass is 1180 g/mol. The lowest BCUT2D eigenvalue weighted by Crippen LogP contribution is -2.38. The van der Waals surface area contributed by atoms with Crippen LogP contribution in [-0.4, -0.2) is 115 Å². The van der Waals surface area contributed by atoms with Crippen LogP contribution < -0.4 is 15.1 Å². The van der Waals surface area contributed by atoms with E-state index in [9.17, 15) is 46.3 Å². The number of anilines is 3. The van der Waals surface area contributed by atoms with Crippen molar-refractivity contribution in [3.8, 4) is 0 Å². The molecular weight excluding hydrogens is 1120 g/mol. The summed E-state index contributed by atoms with van der Waals surface area (Å²) in [6.07, 6.45) is 0.450. The van der Waals surface area contributed by atoms with Crippen molar-refractivity contribution >= 4 is 112 Å². The van der Waals surface area contributed by atoms with Gasteiger partial charge in [-0.2, -0.15) is 0 Å². The maximum absolute atomic E-state index is 14.3. The molecule has 2 amide bonds. The molecule has 0 aliphatic rings. The fourth-order valence-electron chi connectivity index (χ4n) is 5.23. The normalized spacial score (nSPS) is 10.5. The molecule has 4 heterocycles. The predicted molar refractivity (Wildman–Crippen MR) is 280 cm³/mol. The number of hydrogen-bond acceptors (Lipinski definition) is 17. The number of nitrogens with one attached hydrogen (secondary N) is 1. The zero-order valence-electron chi connectivity index (χ0n) is 43.0. The van der Waals surface area contributed by atoms with Crippen molar-refractivity contribution in [1.29, 1.82) is 0 Å². The molecule has 0 spiro atoms. The first-order valence-electron chi connectivity index (χ1n) is 22.0. The molecule has 0 atom stereocenters. The molecule has 4 aromatic heterocycles. The van der Waals surface area contributed by atoms with E-state index < -0.39 is 70.5 Å². The summed E-state index contributed by atoms with van der Waals surface area (Å²) in [5.41, 5.74) is -2.13. The van der Waals surface area contributed by atoms with Crippen LogP contribution in [0.25, 0.3) is 0 Å². The summed E-state index contributed by atoms with van der Waals surface area (Å²) in [6, 6.07) is 3.68. The molecule has 76 heavy (non-hydrogen) atoms. The summed E-state index contributed by atoms with van der Waals surface area (Å²) in [5.74, 6) is -6.81. The zero-order valence-corrected chi connectivity index (χ0v) is 46.8. The van der Waals surface area contributed by atoms with Crippen molar-refractivity contribution in [2.75, 3.05) is 63.2 Å². The Morgan fingerprint density at radius 2 is 0.789 bits per heavy atom. The summed E-state index contributed by atoms with van der Waals surface area (Å²) in [5, 5.41) is 1.62. The lowest BCUT2D eigenvalue weighted by atomic mass is 10.2. The van der Waals surface area contributed by atoms with Gasteiger partial charge in [-0.25, -0.2) is 66.3 Å². The molecule has 0 fully saturated rings. The van der Waals surface area contributed by atoms with Gasteiger partial charge < -0.3 is 33.7 Å². The molecule has 0 bridgehead atoms. The second-order valence-corrected chi connectivity index (χ2v) is 18.5. The van der Waals surface area contributed by atoms with Gasteiger partial charge >= 0.3 is 36.1 Å². The second-order valence-electron chi connectivity index (χ2n) is 16.7. The van der Waals surface area contributed by atoms with Gasteiger partial charge in [-0.3, -0.25) is 9.80 Å². The number of amides is 2. The van der Waals surface area contributed by atoms with Gasteiger partial charge in [0.05, 0.1) is 34.0 Å². The number of carbonyl (C=O) groups excluding carboxylic acids is 6. The van der Waals surface area contributed by atoms with Crippen LogP contribution in [0, 0.1) is 23.3 Å². The number of pyridine rings is 4. The van der Waals surface area contributed by atoms with Crippen molar-refractivity contribution in [2.45, 2.75) is 100 Å². The minimum Gasteiger partial charge on any atom is -0.465 e. The first-order valence-corrected chi connectivity index (χ1v) is 23.9. The second kappa shape index (κ2) is 32.5. The number of ether oxygens (including phenoxy) is 6. The molecule has 19 nitrogen and oxygen atoms in total.